The molecule has 0 unspecified atom stereocenters. The monoisotopic (exact) mass is 866 g/mol. The summed E-state index contributed by atoms with van der Waals surface area (Å²) >= 11 is 7.81. The van der Waals surface area contributed by atoms with Crippen molar-refractivity contribution in [3.8, 4) is 11.1 Å². The molecule has 312 valence electrons. The Bertz CT molecular complexity index is 2510. The molecule has 3 heterocycles. The van der Waals surface area contributed by atoms with Crippen LogP contribution in [0.5, 0.6) is 0 Å². The Morgan fingerprint density at radius 3 is 2.38 bits per heavy atom. The number of hydrogen-bond acceptors (Lipinski definition) is 11. The number of hydrogen-bond donors (Lipinski definition) is 3. The first-order chi connectivity index (χ1) is 29.2. The summed E-state index contributed by atoms with van der Waals surface area (Å²) in [6, 6.07) is 36.1. The van der Waals surface area contributed by atoms with Gasteiger partial charge in [0.05, 0.1) is 28.5 Å². The Kier molecular flexibility index (Phi) is 13.2. The topological polar surface area (TPSA) is 149 Å². The van der Waals surface area contributed by atoms with Gasteiger partial charge in [-0.25, -0.2) is 8.42 Å². The molecule has 3 N–H and O–H groups in total. The lowest BCUT2D eigenvalue weighted by atomic mass is 9.99. The van der Waals surface area contributed by atoms with E-state index in [-0.39, 0.29) is 28.1 Å². The highest BCUT2D eigenvalue weighted by Crippen LogP contribution is 2.33. The molecule has 6 aromatic rings. The molecule has 16 heteroatoms. The van der Waals surface area contributed by atoms with Crippen LogP contribution in [0, 0.1) is 10.1 Å². The molecule has 0 spiro atoms. The molecule has 2 saturated heterocycles. The van der Waals surface area contributed by atoms with E-state index in [0.717, 1.165) is 86.0 Å². The minimum atomic E-state index is -4.24. The maximum absolute atomic E-state index is 13.7. The van der Waals surface area contributed by atoms with Gasteiger partial charge < -0.3 is 15.0 Å². The second-order valence-electron chi connectivity index (χ2n) is 15.0. The minimum absolute atomic E-state index is 0.117. The predicted octanol–water partition coefficient (Wildman–Crippen LogP) is 8.21. The third-order valence-electron chi connectivity index (χ3n) is 11.0. The van der Waals surface area contributed by atoms with Crippen molar-refractivity contribution in [2.24, 2.45) is 0 Å². The molecule has 0 aliphatic carbocycles. The number of sulfonamides is 1. The number of H-pyrrole nitrogens is 1. The molecule has 0 bridgehead atoms. The number of nitrogens with zero attached hydrogens (tertiary/aromatic N) is 5. The number of ether oxygens (including phenoxy) is 1. The van der Waals surface area contributed by atoms with Crippen LogP contribution in [0.2, 0.25) is 5.02 Å². The Morgan fingerprint density at radius 2 is 1.62 bits per heavy atom. The maximum atomic E-state index is 13.7. The molecule has 1 atom stereocenters. The smallest absolute Gasteiger partial charge is 0.293 e. The third-order valence-corrected chi connectivity index (χ3v) is 13.8. The van der Waals surface area contributed by atoms with Gasteiger partial charge >= 0.3 is 0 Å². The van der Waals surface area contributed by atoms with Crippen molar-refractivity contribution in [2.75, 3.05) is 79.7 Å². The SMILES string of the molecule is O=[N+]([O-])c1cc(S(=O)(=O)Nc2n[nH]c3cc(N4CCN(Cc5ccccc5-c5ccc(Cl)cc5)CC4)ccc23)ccc1N[C@H](CCN1CCOCC1)CSc1ccccc1. The first kappa shape index (κ1) is 41.6. The van der Waals surface area contributed by atoms with Crippen LogP contribution < -0.4 is 14.9 Å². The Morgan fingerprint density at radius 1 is 0.867 bits per heavy atom. The van der Waals surface area contributed by atoms with Gasteiger partial charge in [-0.1, -0.05) is 66.2 Å². The number of morpholine rings is 1. The molecule has 60 heavy (non-hydrogen) atoms. The fourth-order valence-corrected chi connectivity index (χ4v) is 9.85. The van der Waals surface area contributed by atoms with E-state index in [1.54, 1.807) is 11.8 Å². The quantitative estimate of drug-likeness (QED) is 0.0491. The molecular formula is C44H47ClN8O5S2. The number of anilines is 3. The van der Waals surface area contributed by atoms with Gasteiger partial charge in [-0.15, -0.1) is 11.8 Å². The molecule has 8 rings (SSSR count). The van der Waals surface area contributed by atoms with Gasteiger partial charge in [0.25, 0.3) is 15.7 Å². The summed E-state index contributed by atoms with van der Waals surface area (Å²) in [4.78, 5) is 19.8. The van der Waals surface area contributed by atoms with E-state index >= 15 is 0 Å². The highest BCUT2D eigenvalue weighted by atomic mass is 35.5. The van der Waals surface area contributed by atoms with Gasteiger partial charge in [-0.2, -0.15) is 5.10 Å². The highest BCUT2D eigenvalue weighted by molar-refractivity contribution is 7.99. The summed E-state index contributed by atoms with van der Waals surface area (Å²) in [5.41, 5.74) is 5.23. The van der Waals surface area contributed by atoms with Crippen LogP contribution in [-0.4, -0.2) is 104 Å². The fraction of sp³-hybridized carbons (Fsp3) is 0.295. The lowest BCUT2D eigenvalue weighted by molar-refractivity contribution is -0.384. The molecular weight excluding hydrogens is 820 g/mol. The van der Waals surface area contributed by atoms with E-state index in [1.165, 1.54) is 23.3 Å². The van der Waals surface area contributed by atoms with Crippen LogP contribution >= 0.6 is 23.4 Å². The van der Waals surface area contributed by atoms with E-state index in [1.807, 2.05) is 60.7 Å². The lowest BCUT2D eigenvalue weighted by Gasteiger charge is -2.36. The molecule has 5 aromatic carbocycles. The molecule has 0 saturated carbocycles. The largest absolute Gasteiger partial charge is 0.379 e. The van der Waals surface area contributed by atoms with E-state index in [4.69, 9.17) is 16.3 Å². The Labute approximate surface area is 359 Å². The van der Waals surface area contributed by atoms with Crippen LogP contribution in [0.4, 0.5) is 22.9 Å². The second-order valence-corrected chi connectivity index (χ2v) is 18.2. The van der Waals surface area contributed by atoms with Crippen molar-refractivity contribution >= 4 is 67.2 Å². The molecule has 1 aromatic heterocycles. The predicted molar refractivity (Wildman–Crippen MR) is 241 cm³/mol. The summed E-state index contributed by atoms with van der Waals surface area (Å²) in [6.07, 6.45) is 0.740. The van der Waals surface area contributed by atoms with E-state index in [9.17, 15) is 18.5 Å². The normalized spacial score (nSPS) is 15.8. The number of aromatic nitrogens is 2. The van der Waals surface area contributed by atoms with Crippen molar-refractivity contribution in [3.63, 3.8) is 0 Å². The van der Waals surface area contributed by atoms with Crippen LogP contribution in [0.1, 0.15) is 12.0 Å². The number of nitro benzene ring substituents is 1. The van der Waals surface area contributed by atoms with Crippen molar-refractivity contribution in [3.05, 3.63) is 136 Å². The van der Waals surface area contributed by atoms with Gasteiger partial charge in [0, 0.05) is 91.2 Å². The summed E-state index contributed by atoms with van der Waals surface area (Å²) in [6.45, 7) is 8.09. The lowest BCUT2D eigenvalue weighted by Crippen LogP contribution is -2.46. The standard InChI is InChI=1S/C44H47ClN8O5S2/c45-34-12-10-32(11-13-34)39-9-5-4-6-33(39)30-51-20-22-52(23-21-51)36-14-16-40-42(28-36)47-48-44(40)49-60(56,57)38-15-17-41(43(29-38)53(54)55)46-35(18-19-50-24-26-58-27-25-50)31-59-37-7-2-1-3-8-37/h1-17,28-29,35,46H,18-27,30-31H2,(H2,47,48,49)/t35-/m1/s1. The minimum Gasteiger partial charge on any atom is -0.379 e. The first-order valence-electron chi connectivity index (χ1n) is 20.0. The Balaban J connectivity index is 0.917. The van der Waals surface area contributed by atoms with Gasteiger partial charge in [0.2, 0.25) is 0 Å². The van der Waals surface area contributed by atoms with Crippen molar-refractivity contribution in [1.29, 1.82) is 0 Å². The third kappa shape index (κ3) is 10.2. The van der Waals surface area contributed by atoms with Crippen molar-refractivity contribution < 1.29 is 18.1 Å². The number of nitrogens with one attached hydrogen (secondary N) is 3. The summed E-state index contributed by atoms with van der Waals surface area (Å²) < 4.78 is 35.5. The number of rotatable bonds is 16. The summed E-state index contributed by atoms with van der Waals surface area (Å²) in [5.74, 6) is 0.782. The summed E-state index contributed by atoms with van der Waals surface area (Å²) in [5, 5.41) is 24.4. The van der Waals surface area contributed by atoms with Gasteiger partial charge in [-0.05, 0) is 77.7 Å². The zero-order chi connectivity index (χ0) is 41.5. The maximum Gasteiger partial charge on any atom is 0.293 e. The molecule has 13 nitrogen and oxygen atoms in total. The molecule has 2 fully saturated rings. The van der Waals surface area contributed by atoms with E-state index in [0.29, 0.717) is 29.9 Å². The number of aromatic amines is 1. The number of nitro groups is 1. The van der Waals surface area contributed by atoms with Gasteiger partial charge in [0.15, 0.2) is 5.82 Å². The summed E-state index contributed by atoms with van der Waals surface area (Å²) in [7, 11) is -4.24. The van der Waals surface area contributed by atoms with Gasteiger partial charge in [0.1, 0.15) is 5.69 Å². The zero-order valence-corrected chi connectivity index (χ0v) is 35.4. The van der Waals surface area contributed by atoms with Crippen LogP contribution in [-0.2, 0) is 21.3 Å². The van der Waals surface area contributed by atoms with Gasteiger partial charge in [-0.3, -0.25) is 29.7 Å². The average molecular weight is 867 g/mol. The number of halogens is 1. The van der Waals surface area contributed by atoms with Crippen LogP contribution in [0.15, 0.2) is 125 Å². The van der Waals surface area contributed by atoms with E-state index in [2.05, 4.69) is 71.3 Å². The Hall–Kier alpha value is -5.16. The van der Waals surface area contributed by atoms with E-state index < -0.39 is 14.9 Å². The van der Waals surface area contributed by atoms with Crippen molar-refractivity contribution in [1.82, 2.24) is 20.0 Å². The van der Waals surface area contributed by atoms with Crippen molar-refractivity contribution in [2.45, 2.75) is 28.8 Å². The second kappa shape index (κ2) is 19.0. The van der Waals surface area contributed by atoms with Crippen LogP contribution in [0.25, 0.3) is 22.0 Å². The molecule has 2 aliphatic heterocycles. The number of piperazine rings is 1. The number of fused-ring (bicyclic) bond motifs is 1. The zero-order valence-electron chi connectivity index (χ0n) is 33.0. The molecule has 0 radical (unpaired) electrons. The van der Waals surface area contributed by atoms with Crippen LogP contribution in [0.3, 0.4) is 0 Å². The number of benzene rings is 5. The fourth-order valence-electron chi connectivity index (χ4n) is 7.69. The number of thioether (sulfide) groups is 1. The average Bonchev–Trinajstić information content (AvgIpc) is 3.67. The first-order valence-corrected chi connectivity index (χ1v) is 22.9. The molecule has 0 amide bonds. The highest BCUT2D eigenvalue weighted by Gasteiger charge is 2.26. The molecule has 2 aliphatic rings.